The van der Waals surface area contributed by atoms with Gasteiger partial charge in [0.15, 0.2) is 0 Å². The lowest BCUT2D eigenvalue weighted by molar-refractivity contribution is -0.137. The van der Waals surface area contributed by atoms with Gasteiger partial charge < -0.3 is 9.64 Å². The van der Waals surface area contributed by atoms with Crippen LogP contribution in [0.1, 0.15) is 48.0 Å². The van der Waals surface area contributed by atoms with Gasteiger partial charge in [-0.25, -0.2) is 4.98 Å². The fourth-order valence-corrected chi connectivity index (χ4v) is 3.45. The van der Waals surface area contributed by atoms with E-state index in [-0.39, 0.29) is 11.8 Å². The minimum Gasteiger partial charge on any atom is -0.439 e. The van der Waals surface area contributed by atoms with Crippen LogP contribution in [0.2, 0.25) is 0 Å². The summed E-state index contributed by atoms with van der Waals surface area (Å²) in [4.78, 5) is 18.0. The molecule has 0 saturated heterocycles. The molecule has 1 aliphatic rings. The second-order valence-corrected chi connectivity index (χ2v) is 7.20. The summed E-state index contributed by atoms with van der Waals surface area (Å²) in [5.74, 6) is 0.973. The van der Waals surface area contributed by atoms with Gasteiger partial charge in [-0.2, -0.15) is 13.2 Å². The van der Waals surface area contributed by atoms with Gasteiger partial charge in [0.05, 0.1) is 5.56 Å². The Morgan fingerprint density at radius 2 is 1.79 bits per heavy atom. The van der Waals surface area contributed by atoms with Gasteiger partial charge in [0, 0.05) is 31.4 Å². The summed E-state index contributed by atoms with van der Waals surface area (Å²) in [5, 5.41) is 0. The highest BCUT2D eigenvalue weighted by atomic mass is 19.4. The van der Waals surface area contributed by atoms with Crippen molar-refractivity contribution in [2.45, 2.75) is 38.3 Å². The highest BCUT2D eigenvalue weighted by Gasteiger charge is 2.30. The summed E-state index contributed by atoms with van der Waals surface area (Å²) in [5.41, 5.74) is -0.284. The van der Waals surface area contributed by atoms with Crippen LogP contribution in [0.3, 0.4) is 0 Å². The number of pyridine rings is 1. The van der Waals surface area contributed by atoms with Crippen LogP contribution in [0, 0.1) is 5.92 Å². The van der Waals surface area contributed by atoms with E-state index >= 15 is 0 Å². The van der Waals surface area contributed by atoms with Crippen molar-refractivity contribution in [2.75, 3.05) is 13.6 Å². The fraction of sp³-hybridized carbons (Fsp3) is 0.429. The number of nitrogens with zero attached hydrogens (tertiary/aromatic N) is 2. The third-order valence-electron chi connectivity index (χ3n) is 4.99. The van der Waals surface area contributed by atoms with E-state index in [1.54, 1.807) is 29.2 Å². The number of carbonyl (C=O) groups excluding carboxylic acids is 1. The third-order valence-corrected chi connectivity index (χ3v) is 4.99. The molecule has 1 aromatic carbocycles. The minimum atomic E-state index is -4.43. The smallest absolute Gasteiger partial charge is 0.417 e. The Kier molecular flexibility index (Phi) is 6.21. The summed E-state index contributed by atoms with van der Waals surface area (Å²) in [6.07, 6.45) is 2.39. The maximum absolute atomic E-state index is 12.6. The van der Waals surface area contributed by atoms with Crippen molar-refractivity contribution in [3.8, 4) is 11.6 Å². The first kappa shape index (κ1) is 20.2. The van der Waals surface area contributed by atoms with Gasteiger partial charge in [-0.1, -0.05) is 19.3 Å². The summed E-state index contributed by atoms with van der Waals surface area (Å²) in [6.45, 7) is 0.757. The first-order valence-electron chi connectivity index (χ1n) is 9.39. The quantitative estimate of drug-likeness (QED) is 0.670. The van der Waals surface area contributed by atoms with Crippen LogP contribution < -0.4 is 4.74 Å². The SMILES string of the molecule is CN(CC1CCCCC1)C(=O)c1ccc(Oc2ccc(C(F)(F)F)cn2)cc1. The largest absolute Gasteiger partial charge is 0.439 e. The molecule has 150 valence electrons. The van der Waals surface area contributed by atoms with Gasteiger partial charge in [-0.05, 0) is 49.1 Å². The maximum Gasteiger partial charge on any atom is 0.417 e. The van der Waals surface area contributed by atoms with Gasteiger partial charge in [0.1, 0.15) is 5.75 Å². The van der Waals surface area contributed by atoms with E-state index in [9.17, 15) is 18.0 Å². The second-order valence-electron chi connectivity index (χ2n) is 7.20. The predicted octanol–water partition coefficient (Wildman–Crippen LogP) is 5.55. The Morgan fingerprint density at radius 3 is 2.36 bits per heavy atom. The average Bonchev–Trinajstić information content (AvgIpc) is 2.68. The normalized spacial score (nSPS) is 15.3. The van der Waals surface area contributed by atoms with E-state index in [0.29, 0.717) is 17.2 Å². The van der Waals surface area contributed by atoms with Crippen molar-refractivity contribution in [1.82, 2.24) is 9.88 Å². The molecule has 0 bridgehead atoms. The molecule has 0 N–H and O–H groups in total. The number of benzene rings is 1. The molecule has 0 spiro atoms. The number of aromatic nitrogens is 1. The first-order valence-corrected chi connectivity index (χ1v) is 9.39. The molecule has 3 rings (SSSR count). The molecular weight excluding hydrogens is 369 g/mol. The fourth-order valence-electron chi connectivity index (χ4n) is 3.45. The van der Waals surface area contributed by atoms with E-state index in [2.05, 4.69) is 4.98 Å². The zero-order chi connectivity index (χ0) is 20.1. The number of hydrogen-bond acceptors (Lipinski definition) is 3. The molecule has 0 aliphatic heterocycles. The Hall–Kier alpha value is -2.57. The lowest BCUT2D eigenvalue weighted by atomic mass is 9.89. The van der Waals surface area contributed by atoms with E-state index < -0.39 is 11.7 Å². The topological polar surface area (TPSA) is 42.4 Å². The lowest BCUT2D eigenvalue weighted by Crippen LogP contribution is -2.32. The Bertz CT molecular complexity index is 783. The van der Waals surface area contributed by atoms with Gasteiger partial charge in [-0.3, -0.25) is 4.79 Å². The molecule has 0 radical (unpaired) electrons. The van der Waals surface area contributed by atoms with E-state index in [4.69, 9.17) is 4.74 Å². The molecule has 1 amide bonds. The van der Waals surface area contributed by atoms with E-state index in [1.807, 2.05) is 7.05 Å². The molecule has 1 heterocycles. The number of halogens is 3. The van der Waals surface area contributed by atoms with Gasteiger partial charge in [0.25, 0.3) is 5.91 Å². The van der Waals surface area contributed by atoms with Crippen LogP contribution >= 0.6 is 0 Å². The predicted molar refractivity (Wildman–Crippen MR) is 99.3 cm³/mol. The van der Waals surface area contributed by atoms with Gasteiger partial charge in [-0.15, -0.1) is 0 Å². The Labute approximate surface area is 162 Å². The average molecular weight is 392 g/mol. The van der Waals surface area contributed by atoms with E-state index in [1.165, 1.54) is 38.2 Å². The molecule has 1 fully saturated rings. The van der Waals surface area contributed by atoms with Crippen molar-refractivity contribution >= 4 is 5.91 Å². The first-order chi connectivity index (χ1) is 13.3. The Balaban J connectivity index is 1.58. The molecule has 4 nitrogen and oxygen atoms in total. The van der Waals surface area contributed by atoms with Crippen LogP contribution in [-0.4, -0.2) is 29.4 Å². The monoisotopic (exact) mass is 392 g/mol. The zero-order valence-corrected chi connectivity index (χ0v) is 15.7. The number of ether oxygens (including phenoxy) is 1. The second kappa shape index (κ2) is 8.63. The van der Waals surface area contributed by atoms with Crippen molar-refractivity contribution in [3.63, 3.8) is 0 Å². The van der Waals surface area contributed by atoms with Crippen molar-refractivity contribution in [2.24, 2.45) is 5.92 Å². The van der Waals surface area contributed by atoms with E-state index in [0.717, 1.165) is 18.8 Å². The van der Waals surface area contributed by atoms with Crippen LogP contribution in [0.4, 0.5) is 13.2 Å². The highest BCUT2D eigenvalue weighted by molar-refractivity contribution is 5.94. The molecule has 28 heavy (non-hydrogen) atoms. The Morgan fingerprint density at radius 1 is 1.11 bits per heavy atom. The van der Waals surface area contributed by atoms with Crippen LogP contribution in [-0.2, 0) is 6.18 Å². The molecule has 2 aromatic rings. The molecular formula is C21H23F3N2O2. The summed E-state index contributed by atoms with van der Waals surface area (Å²) in [7, 11) is 1.81. The van der Waals surface area contributed by atoms with Crippen molar-refractivity contribution in [3.05, 3.63) is 53.7 Å². The minimum absolute atomic E-state index is 0.0511. The van der Waals surface area contributed by atoms with Gasteiger partial charge in [0.2, 0.25) is 5.88 Å². The molecule has 1 aliphatic carbocycles. The molecule has 0 atom stereocenters. The third kappa shape index (κ3) is 5.24. The molecule has 1 saturated carbocycles. The molecule has 7 heteroatoms. The van der Waals surface area contributed by atoms with Crippen LogP contribution in [0.15, 0.2) is 42.6 Å². The number of rotatable bonds is 5. The standard InChI is InChI=1S/C21H23F3N2O2/c1-26(14-15-5-3-2-4-6-15)20(27)16-7-10-18(11-8-16)28-19-12-9-17(13-25-19)21(22,23)24/h7-13,15H,2-6,14H2,1H3. The number of amides is 1. The van der Waals surface area contributed by atoms with Gasteiger partial charge >= 0.3 is 6.18 Å². The summed E-state index contributed by atoms with van der Waals surface area (Å²) in [6, 6.07) is 8.61. The highest BCUT2D eigenvalue weighted by Crippen LogP contribution is 2.30. The summed E-state index contributed by atoms with van der Waals surface area (Å²) >= 11 is 0. The zero-order valence-electron chi connectivity index (χ0n) is 15.7. The van der Waals surface area contributed by atoms with Crippen LogP contribution in [0.5, 0.6) is 11.6 Å². The van der Waals surface area contributed by atoms with Crippen LogP contribution in [0.25, 0.3) is 0 Å². The number of hydrogen-bond donors (Lipinski definition) is 0. The molecule has 1 aromatic heterocycles. The summed E-state index contributed by atoms with van der Waals surface area (Å²) < 4.78 is 43.1. The maximum atomic E-state index is 12.6. The number of carbonyl (C=O) groups is 1. The lowest BCUT2D eigenvalue weighted by Gasteiger charge is -2.27. The van der Waals surface area contributed by atoms with Crippen molar-refractivity contribution in [1.29, 1.82) is 0 Å². The van der Waals surface area contributed by atoms with Crippen molar-refractivity contribution < 1.29 is 22.7 Å². The molecule has 0 unspecified atom stereocenters. The number of alkyl halides is 3.